The molecule has 1 unspecified atom stereocenters. The molecule has 1 N–H and O–H groups in total. The first-order chi connectivity index (χ1) is 10.6. The fraction of sp³-hybridized carbons (Fsp3) is 0.500. The van der Waals surface area contributed by atoms with Gasteiger partial charge < -0.3 is 15.0 Å². The predicted molar refractivity (Wildman–Crippen MR) is 78.2 cm³/mol. The Morgan fingerprint density at radius 2 is 2.14 bits per heavy atom. The second kappa shape index (κ2) is 5.59. The van der Waals surface area contributed by atoms with Crippen LogP contribution in [-0.2, 0) is 4.79 Å². The minimum absolute atomic E-state index is 0.0781. The quantitative estimate of drug-likeness (QED) is 0.905. The molecule has 0 radical (unpaired) electrons. The van der Waals surface area contributed by atoms with Crippen LogP contribution in [0.25, 0.3) is 0 Å². The lowest BCUT2D eigenvalue weighted by molar-refractivity contribution is -0.133. The lowest BCUT2D eigenvalue weighted by atomic mass is 9.86. The molecule has 22 heavy (non-hydrogen) atoms. The van der Waals surface area contributed by atoms with Gasteiger partial charge in [0.15, 0.2) is 0 Å². The summed E-state index contributed by atoms with van der Waals surface area (Å²) in [5, 5.41) is 2.86. The highest BCUT2D eigenvalue weighted by Gasteiger charge is 2.50. The number of nitrogens with one attached hydrogen (secondary N) is 1. The Kier molecular flexibility index (Phi) is 3.76. The number of nitrogens with zero attached hydrogens (tertiary/aromatic N) is 1. The number of benzene rings is 1. The van der Waals surface area contributed by atoms with E-state index in [9.17, 15) is 14.0 Å². The molecular weight excluding hydrogens is 287 g/mol. The molecule has 1 spiro atoms. The SMILES string of the molecule is COc1cc(F)ccc1C(=O)N1CCCC12CCCNC2=O. The number of likely N-dealkylation sites (tertiary alicyclic amines) is 1. The zero-order valence-electron chi connectivity index (χ0n) is 12.5. The van der Waals surface area contributed by atoms with Crippen LogP contribution in [0.15, 0.2) is 18.2 Å². The Balaban J connectivity index is 1.96. The topological polar surface area (TPSA) is 58.6 Å². The highest BCUT2D eigenvalue weighted by molar-refractivity contribution is 6.01. The fourth-order valence-corrected chi connectivity index (χ4v) is 3.52. The largest absolute Gasteiger partial charge is 0.496 e. The molecule has 2 heterocycles. The number of piperidine rings is 1. The van der Waals surface area contributed by atoms with Gasteiger partial charge in [0.2, 0.25) is 5.91 Å². The Hall–Kier alpha value is -2.11. The van der Waals surface area contributed by atoms with Crippen LogP contribution >= 0.6 is 0 Å². The molecule has 6 heteroatoms. The number of hydrogen-bond donors (Lipinski definition) is 1. The number of carbonyl (C=O) groups is 2. The predicted octanol–water partition coefficient (Wildman–Crippen LogP) is 1.72. The molecule has 1 aromatic carbocycles. The van der Waals surface area contributed by atoms with Crippen molar-refractivity contribution >= 4 is 11.8 Å². The minimum Gasteiger partial charge on any atom is -0.496 e. The van der Waals surface area contributed by atoms with Crippen LogP contribution in [0, 0.1) is 5.82 Å². The standard InChI is InChI=1S/C16H19FN2O3/c1-22-13-10-11(17)4-5-12(13)14(20)19-9-3-7-16(19)6-2-8-18-15(16)21/h4-5,10H,2-3,6-9H2,1H3,(H,18,21). The molecule has 2 saturated heterocycles. The van der Waals surface area contributed by atoms with Crippen molar-refractivity contribution < 1.29 is 18.7 Å². The molecular formula is C16H19FN2O3. The van der Waals surface area contributed by atoms with Gasteiger partial charge in [-0.15, -0.1) is 0 Å². The number of methoxy groups -OCH3 is 1. The number of rotatable bonds is 2. The summed E-state index contributed by atoms with van der Waals surface area (Å²) in [7, 11) is 1.40. The number of amides is 2. The number of halogens is 1. The van der Waals surface area contributed by atoms with Crippen molar-refractivity contribution in [1.29, 1.82) is 0 Å². The van der Waals surface area contributed by atoms with Crippen LogP contribution in [0.2, 0.25) is 0 Å². The van der Waals surface area contributed by atoms with Crippen molar-refractivity contribution in [3.05, 3.63) is 29.6 Å². The molecule has 0 aliphatic carbocycles. The van der Waals surface area contributed by atoms with Gasteiger partial charge in [-0.05, 0) is 37.8 Å². The zero-order chi connectivity index (χ0) is 15.7. The van der Waals surface area contributed by atoms with E-state index in [1.807, 2.05) is 0 Å². The third-order valence-corrected chi connectivity index (χ3v) is 4.60. The molecule has 2 fully saturated rings. The Bertz CT molecular complexity index is 619. The first-order valence-electron chi connectivity index (χ1n) is 7.52. The van der Waals surface area contributed by atoms with E-state index < -0.39 is 11.4 Å². The van der Waals surface area contributed by atoms with Crippen molar-refractivity contribution in [2.24, 2.45) is 0 Å². The van der Waals surface area contributed by atoms with Crippen LogP contribution in [0.4, 0.5) is 4.39 Å². The van der Waals surface area contributed by atoms with Gasteiger partial charge in [0.25, 0.3) is 5.91 Å². The van der Waals surface area contributed by atoms with Gasteiger partial charge in [0, 0.05) is 19.2 Å². The Morgan fingerprint density at radius 1 is 1.36 bits per heavy atom. The maximum Gasteiger partial charge on any atom is 0.258 e. The summed E-state index contributed by atoms with van der Waals surface area (Å²) in [6.45, 7) is 1.19. The maximum absolute atomic E-state index is 13.3. The summed E-state index contributed by atoms with van der Waals surface area (Å²) in [6, 6.07) is 3.85. The molecule has 3 rings (SSSR count). The smallest absolute Gasteiger partial charge is 0.258 e. The molecule has 2 aliphatic rings. The van der Waals surface area contributed by atoms with E-state index in [4.69, 9.17) is 4.74 Å². The zero-order valence-corrected chi connectivity index (χ0v) is 12.5. The monoisotopic (exact) mass is 306 g/mol. The van der Waals surface area contributed by atoms with Crippen LogP contribution in [0.5, 0.6) is 5.75 Å². The van der Waals surface area contributed by atoms with Gasteiger partial charge in [0.05, 0.1) is 12.7 Å². The van der Waals surface area contributed by atoms with Gasteiger partial charge >= 0.3 is 0 Å². The summed E-state index contributed by atoms with van der Waals surface area (Å²) in [5.41, 5.74) is -0.460. The molecule has 118 valence electrons. The minimum atomic E-state index is -0.755. The van der Waals surface area contributed by atoms with Crippen molar-refractivity contribution in [2.75, 3.05) is 20.2 Å². The molecule has 2 aliphatic heterocycles. The molecule has 5 nitrogen and oxygen atoms in total. The van der Waals surface area contributed by atoms with Crippen molar-refractivity contribution in [3.8, 4) is 5.75 Å². The number of ether oxygens (including phenoxy) is 1. The summed E-state index contributed by atoms with van der Waals surface area (Å²) in [5.74, 6) is -0.611. The van der Waals surface area contributed by atoms with E-state index in [-0.39, 0.29) is 17.6 Å². The van der Waals surface area contributed by atoms with Gasteiger partial charge in [-0.1, -0.05) is 0 Å². The van der Waals surface area contributed by atoms with Gasteiger partial charge in [0.1, 0.15) is 17.1 Å². The van der Waals surface area contributed by atoms with E-state index in [2.05, 4.69) is 5.32 Å². The second-order valence-electron chi connectivity index (χ2n) is 5.80. The fourth-order valence-electron chi connectivity index (χ4n) is 3.52. The van der Waals surface area contributed by atoms with Crippen LogP contribution < -0.4 is 10.1 Å². The van der Waals surface area contributed by atoms with Crippen molar-refractivity contribution in [2.45, 2.75) is 31.2 Å². The summed E-state index contributed by atoms with van der Waals surface area (Å²) >= 11 is 0. The van der Waals surface area contributed by atoms with Crippen LogP contribution in [0.3, 0.4) is 0 Å². The molecule has 0 bridgehead atoms. The van der Waals surface area contributed by atoms with Crippen molar-refractivity contribution in [1.82, 2.24) is 10.2 Å². The lowest BCUT2D eigenvalue weighted by Crippen LogP contribution is -2.60. The molecule has 1 atom stereocenters. The van der Waals surface area contributed by atoms with Crippen LogP contribution in [0.1, 0.15) is 36.0 Å². The third-order valence-electron chi connectivity index (χ3n) is 4.60. The van der Waals surface area contributed by atoms with E-state index in [1.165, 1.54) is 25.3 Å². The average Bonchev–Trinajstić information content (AvgIpc) is 2.94. The van der Waals surface area contributed by atoms with E-state index in [0.717, 1.165) is 12.8 Å². The average molecular weight is 306 g/mol. The van der Waals surface area contributed by atoms with Gasteiger partial charge in [-0.25, -0.2) is 4.39 Å². The van der Waals surface area contributed by atoms with Gasteiger partial charge in [-0.2, -0.15) is 0 Å². The highest BCUT2D eigenvalue weighted by atomic mass is 19.1. The number of hydrogen-bond acceptors (Lipinski definition) is 3. The summed E-state index contributed by atoms with van der Waals surface area (Å²) in [6.07, 6.45) is 3.00. The second-order valence-corrected chi connectivity index (χ2v) is 5.80. The van der Waals surface area contributed by atoms with Crippen LogP contribution in [-0.4, -0.2) is 42.5 Å². The summed E-state index contributed by atoms with van der Waals surface area (Å²) in [4.78, 5) is 26.9. The molecule has 0 saturated carbocycles. The molecule has 1 aromatic rings. The molecule has 0 aromatic heterocycles. The lowest BCUT2D eigenvalue weighted by Gasteiger charge is -2.40. The normalized spacial score (nSPS) is 24.5. The third kappa shape index (κ3) is 2.23. The highest BCUT2D eigenvalue weighted by Crippen LogP contribution is 2.37. The van der Waals surface area contributed by atoms with E-state index in [1.54, 1.807) is 4.90 Å². The van der Waals surface area contributed by atoms with Gasteiger partial charge in [-0.3, -0.25) is 9.59 Å². The van der Waals surface area contributed by atoms with E-state index in [0.29, 0.717) is 31.5 Å². The Labute approximate surface area is 128 Å². The van der Waals surface area contributed by atoms with Crippen molar-refractivity contribution in [3.63, 3.8) is 0 Å². The summed E-state index contributed by atoms with van der Waals surface area (Å²) < 4.78 is 18.4. The number of carbonyl (C=O) groups excluding carboxylic acids is 2. The first kappa shape index (κ1) is 14.8. The van der Waals surface area contributed by atoms with E-state index >= 15 is 0 Å². The molecule has 2 amide bonds. The first-order valence-corrected chi connectivity index (χ1v) is 7.52. The maximum atomic E-state index is 13.3. The Morgan fingerprint density at radius 3 is 2.86 bits per heavy atom.